The predicted octanol–water partition coefficient (Wildman–Crippen LogP) is 3.17. The Morgan fingerprint density at radius 2 is 1.75 bits per heavy atom. The minimum atomic E-state index is 0.0855. The number of rotatable bonds is 4. The molecule has 0 spiro atoms. The minimum Gasteiger partial charge on any atom is -0.492 e. The second-order valence-electron chi connectivity index (χ2n) is 6.48. The van der Waals surface area contributed by atoms with E-state index in [0.29, 0.717) is 6.61 Å². The van der Waals surface area contributed by atoms with Gasteiger partial charge in [0.15, 0.2) is 5.43 Å². The average molecular weight is 322 g/mol. The lowest BCUT2D eigenvalue weighted by molar-refractivity contribution is 0.238. The summed E-state index contributed by atoms with van der Waals surface area (Å²) in [6, 6.07) is 13.5. The number of hydrogen-bond donors (Lipinski definition) is 0. The van der Waals surface area contributed by atoms with Crippen LogP contribution in [0.2, 0.25) is 0 Å². The number of hydrogen-bond acceptors (Lipinski definition) is 3. The lowest BCUT2D eigenvalue weighted by atomic mass is 10.1. The van der Waals surface area contributed by atoms with Crippen molar-refractivity contribution in [3.63, 3.8) is 0 Å². The van der Waals surface area contributed by atoms with Crippen LogP contribution in [-0.4, -0.2) is 35.7 Å². The zero-order chi connectivity index (χ0) is 16.5. The van der Waals surface area contributed by atoms with Crippen LogP contribution in [0.1, 0.15) is 12.8 Å². The highest BCUT2D eigenvalue weighted by atomic mass is 16.5. The smallest absolute Gasteiger partial charge is 0.197 e. The predicted molar refractivity (Wildman–Crippen MR) is 97.9 cm³/mol. The van der Waals surface area contributed by atoms with Crippen molar-refractivity contribution in [3.8, 4) is 5.75 Å². The molecule has 1 aliphatic heterocycles. The Balaban J connectivity index is 1.65. The monoisotopic (exact) mass is 322 g/mol. The normalized spacial score (nSPS) is 15.4. The van der Waals surface area contributed by atoms with Crippen LogP contribution in [0.15, 0.2) is 47.3 Å². The fraction of sp³-hybridized carbons (Fsp3) is 0.350. The Morgan fingerprint density at radius 1 is 1.00 bits per heavy atom. The van der Waals surface area contributed by atoms with E-state index in [1.807, 2.05) is 49.5 Å². The van der Waals surface area contributed by atoms with Gasteiger partial charge in [0, 0.05) is 30.4 Å². The quantitative estimate of drug-likeness (QED) is 0.692. The Morgan fingerprint density at radius 3 is 2.58 bits per heavy atom. The van der Waals surface area contributed by atoms with Gasteiger partial charge in [-0.05, 0) is 50.2 Å². The third kappa shape index (κ3) is 2.67. The zero-order valence-electron chi connectivity index (χ0n) is 14.0. The molecule has 3 aromatic rings. The minimum absolute atomic E-state index is 0.0855. The largest absolute Gasteiger partial charge is 0.492 e. The molecule has 4 rings (SSSR count). The summed E-state index contributed by atoms with van der Waals surface area (Å²) in [7, 11) is 2.00. The van der Waals surface area contributed by atoms with Gasteiger partial charge in [-0.3, -0.25) is 9.69 Å². The molecule has 0 unspecified atom stereocenters. The molecule has 1 aliphatic rings. The summed E-state index contributed by atoms with van der Waals surface area (Å²) in [5, 5.41) is 1.50. The number of para-hydroxylation sites is 1. The first-order valence-corrected chi connectivity index (χ1v) is 8.61. The molecule has 0 bridgehead atoms. The number of pyridine rings is 1. The van der Waals surface area contributed by atoms with E-state index < -0.39 is 0 Å². The van der Waals surface area contributed by atoms with E-state index in [1.54, 1.807) is 0 Å². The van der Waals surface area contributed by atoms with Gasteiger partial charge >= 0.3 is 0 Å². The van der Waals surface area contributed by atoms with Crippen molar-refractivity contribution in [2.75, 3.05) is 26.2 Å². The molecule has 1 fully saturated rings. The molecule has 2 heterocycles. The first-order chi connectivity index (χ1) is 11.7. The van der Waals surface area contributed by atoms with Gasteiger partial charge in [0.05, 0.1) is 11.0 Å². The lowest BCUT2D eigenvalue weighted by Gasteiger charge is -2.16. The summed E-state index contributed by atoms with van der Waals surface area (Å²) in [6.45, 7) is 4.02. The number of likely N-dealkylation sites (tertiary alicyclic amines) is 1. The van der Waals surface area contributed by atoms with Crippen LogP contribution in [0.25, 0.3) is 21.8 Å². The van der Waals surface area contributed by atoms with Crippen LogP contribution >= 0.6 is 0 Å². The van der Waals surface area contributed by atoms with Gasteiger partial charge in [-0.15, -0.1) is 0 Å². The third-order valence-corrected chi connectivity index (χ3v) is 4.96. The van der Waals surface area contributed by atoms with Crippen LogP contribution in [0.3, 0.4) is 0 Å². The maximum Gasteiger partial charge on any atom is 0.197 e. The molecule has 0 amide bonds. The van der Waals surface area contributed by atoms with E-state index in [2.05, 4.69) is 9.47 Å². The van der Waals surface area contributed by atoms with Crippen molar-refractivity contribution in [2.45, 2.75) is 12.8 Å². The van der Waals surface area contributed by atoms with Crippen molar-refractivity contribution in [3.05, 3.63) is 52.7 Å². The molecule has 1 aromatic heterocycles. The van der Waals surface area contributed by atoms with Crippen LogP contribution in [-0.2, 0) is 7.05 Å². The summed E-state index contributed by atoms with van der Waals surface area (Å²) < 4.78 is 7.99. The second kappa shape index (κ2) is 6.29. The molecule has 0 N–H and O–H groups in total. The van der Waals surface area contributed by atoms with Gasteiger partial charge in [-0.1, -0.05) is 12.1 Å². The van der Waals surface area contributed by atoms with E-state index in [9.17, 15) is 4.79 Å². The Kier molecular flexibility index (Phi) is 3.98. The third-order valence-electron chi connectivity index (χ3n) is 4.96. The van der Waals surface area contributed by atoms with Crippen molar-refractivity contribution in [2.24, 2.45) is 7.05 Å². The van der Waals surface area contributed by atoms with Crippen LogP contribution in [0, 0.1) is 0 Å². The standard InChI is InChI=1S/C20H22N2O2/c1-21-18-7-3-2-6-16(18)20(23)17-9-8-15(14-19(17)21)24-13-12-22-10-4-5-11-22/h2-3,6-9,14H,4-5,10-13H2,1H3. The highest BCUT2D eigenvalue weighted by Crippen LogP contribution is 2.22. The number of aryl methyl sites for hydroxylation is 1. The van der Waals surface area contributed by atoms with Gasteiger partial charge in [0.25, 0.3) is 0 Å². The topological polar surface area (TPSA) is 34.5 Å². The van der Waals surface area contributed by atoms with Gasteiger partial charge < -0.3 is 9.30 Å². The fourth-order valence-electron chi connectivity index (χ4n) is 3.60. The van der Waals surface area contributed by atoms with Crippen LogP contribution in [0.5, 0.6) is 5.75 Å². The maximum atomic E-state index is 12.7. The van der Waals surface area contributed by atoms with E-state index in [-0.39, 0.29) is 5.43 Å². The molecule has 0 aliphatic carbocycles. The fourth-order valence-corrected chi connectivity index (χ4v) is 3.60. The highest BCUT2D eigenvalue weighted by molar-refractivity contribution is 5.93. The highest BCUT2D eigenvalue weighted by Gasteiger charge is 2.12. The van der Waals surface area contributed by atoms with Crippen LogP contribution in [0.4, 0.5) is 0 Å². The summed E-state index contributed by atoms with van der Waals surface area (Å²) in [5.41, 5.74) is 1.95. The Hall–Kier alpha value is -2.33. The summed E-state index contributed by atoms with van der Waals surface area (Å²) in [4.78, 5) is 15.1. The summed E-state index contributed by atoms with van der Waals surface area (Å²) >= 11 is 0. The molecule has 124 valence electrons. The number of fused-ring (bicyclic) bond motifs is 2. The van der Waals surface area contributed by atoms with E-state index >= 15 is 0 Å². The van der Waals surface area contributed by atoms with Crippen molar-refractivity contribution in [1.29, 1.82) is 0 Å². The van der Waals surface area contributed by atoms with Gasteiger partial charge in [-0.2, -0.15) is 0 Å². The first-order valence-electron chi connectivity index (χ1n) is 8.61. The molecule has 0 saturated carbocycles. The Bertz CT molecular complexity index is 939. The van der Waals surface area contributed by atoms with Gasteiger partial charge in [0.2, 0.25) is 0 Å². The average Bonchev–Trinajstić information content (AvgIpc) is 3.13. The number of ether oxygens (including phenoxy) is 1. The molecule has 0 atom stereocenters. The number of nitrogens with zero attached hydrogens (tertiary/aromatic N) is 2. The molecular weight excluding hydrogens is 300 g/mol. The Labute approximate surface area is 141 Å². The first kappa shape index (κ1) is 15.2. The van der Waals surface area contributed by atoms with E-state index in [1.165, 1.54) is 25.9 Å². The van der Waals surface area contributed by atoms with Crippen molar-refractivity contribution >= 4 is 21.8 Å². The molecule has 1 saturated heterocycles. The van der Waals surface area contributed by atoms with Crippen LogP contribution < -0.4 is 10.2 Å². The molecule has 2 aromatic carbocycles. The zero-order valence-corrected chi connectivity index (χ0v) is 14.0. The molecule has 4 nitrogen and oxygen atoms in total. The summed E-state index contributed by atoms with van der Waals surface area (Å²) in [6.07, 6.45) is 2.59. The summed E-state index contributed by atoms with van der Waals surface area (Å²) in [5.74, 6) is 0.826. The molecular formula is C20H22N2O2. The number of aromatic nitrogens is 1. The van der Waals surface area contributed by atoms with Crippen molar-refractivity contribution < 1.29 is 4.74 Å². The SMILES string of the molecule is Cn1c2ccccc2c(=O)c2ccc(OCCN3CCCC3)cc21. The maximum absolute atomic E-state index is 12.7. The van der Waals surface area contributed by atoms with E-state index in [4.69, 9.17) is 4.74 Å². The lowest BCUT2D eigenvalue weighted by Crippen LogP contribution is -2.25. The second-order valence-corrected chi connectivity index (χ2v) is 6.48. The molecule has 0 radical (unpaired) electrons. The number of benzene rings is 2. The van der Waals surface area contributed by atoms with Gasteiger partial charge in [-0.25, -0.2) is 0 Å². The molecule has 24 heavy (non-hydrogen) atoms. The van der Waals surface area contributed by atoms with E-state index in [0.717, 1.165) is 34.1 Å². The van der Waals surface area contributed by atoms with Crippen molar-refractivity contribution in [1.82, 2.24) is 9.47 Å². The van der Waals surface area contributed by atoms with Gasteiger partial charge in [0.1, 0.15) is 12.4 Å². The molecule has 4 heteroatoms.